The number of ether oxygens (including phenoxy) is 2. The van der Waals surface area contributed by atoms with Gasteiger partial charge in [-0.1, -0.05) is 52.0 Å². The van der Waals surface area contributed by atoms with E-state index in [0.29, 0.717) is 24.5 Å². The lowest BCUT2D eigenvalue weighted by Crippen LogP contribution is -2.30. The number of Topliss-reactive ketones (excluding diaryl/α,β-unsaturated/α-hetero) is 1. The van der Waals surface area contributed by atoms with Gasteiger partial charge in [0.05, 0.1) is 0 Å². The number of rotatable bonds is 10. The fraction of sp³-hybridized carbons (Fsp3) is 0.333. The van der Waals surface area contributed by atoms with E-state index in [9.17, 15) is 9.59 Å². The van der Waals surface area contributed by atoms with Crippen LogP contribution >= 0.6 is 0 Å². The van der Waals surface area contributed by atoms with Gasteiger partial charge < -0.3 is 19.7 Å². The zero-order valence-electron chi connectivity index (χ0n) is 23.2. The van der Waals surface area contributed by atoms with Crippen LogP contribution in [0.1, 0.15) is 54.7 Å². The highest BCUT2D eigenvalue weighted by molar-refractivity contribution is 6.33. The first-order valence-corrected chi connectivity index (χ1v) is 13.7. The zero-order valence-corrected chi connectivity index (χ0v) is 23.2. The largest absolute Gasteiger partial charge is 0.492 e. The number of fused-ring (bicyclic) bond motifs is 3. The molecule has 0 heterocycles. The van der Waals surface area contributed by atoms with Crippen LogP contribution in [0, 0.1) is 0 Å². The summed E-state index contributed by atoms with van der Waals surface area (Å²) in [6, 6.07) is 20.9. The Hall–Kier alpha value is -3.90. The van der Waals surface area contributed by atoms with Crippen molar-refractivity contribution in [2.75, 3.05) is 38.2 Å². The summed E-state index contributed by atoms with van der Waals surface area (Å²) in [6.07, 6.45) is 0.667. The second-order valence-electron chi connectivity index (χ2n) is 10.6. The Kier molecular flexibility index (Phi) is 7.58. The molecule has 0 saturated carbocycles. The van der Waals surface area contributed by atoms with Crippen molar-refractivity contribution in [2.24, 2.45) is 0 Å². The monoisotopic (exact) mass is 524 g/mol. The summed E-state index contributed by atoms with van der Waals surface area (Å²) in [6.45, 7) is 12.1. The molecule has 2 aliphatic rings. The van der Waals surface area contributed by atoms with Crippen molar-refractivity contribution < 1.29 is 19.1 Å². The number of ketones is 1. The molecule has 0 bridgehead atoms. The molecule has 0 spiro atoms. The van der Waals surface area contributed by atoms with Gasteiger partial charge in [-0.15, -0.1) is 0 Å². The van der Waals surface area contributed by atoms with E-state index >= 15 is 0 Å². The molecule has 6 nitrogen and oxygen atoms in total. The number of hydrogen-bond donors (Lipinski definition) is 1. The van der Waals surface area contributed by atoms with Crippen LogP contribution in [0.2, 0.25) is 0 Å². The molecule has 39 heavy (non-hydrogen) atoms. The number of amides is 1. The van der Waals surface area contributed by atoms with Gasteiger partial charge in [-0.3, -0.25) is 9.59 Å². The number of carbonyl (C=O) groups excluding carboxylic acids is 2. The molecule has 0 unspecified atom stereocenters. The summed E-state index contributed by atoms with van der Waals surface area (Å²) < 4.78 is 11.7. The first kappa shape index (κ1) is 26.7. The maximum Gasteiger partial charge on any atom is 0.262 e. The molecule has 2 aliphatic carbocycles. The highest BCUT2D eigenvalue weighted by Gasteiger charge is 2.43. The molecule has 0 saturated heterocycles. The van der Waals surface area contributed by atoms with Crippen molar-refractivity contribution in [3.63, 3.8) is 0 Å². The average Bonchev–Trinajstić information content (AvgIpc) is 3.34. The predicted molar refractivity (Wildman–Crippen MR) is 155 cm³/mol. The highest BCUT2D eigenvalue weighted by atomic mass is 16.5. The third-order valence-electron chi connectivity index (χ3n) is 7.90. The van der Waals surface area contributed by atoms with Gasteiger partial charge in [-0.2, -0.15) is 0 Å². The second kappa shape index (κ2) is 11.1. The molecular formula is C33H36N2O4. The summed E-state index contributed by atoms with van der Waals surface area (Å²) in [5.74, 6) is 1.27. The van der Waals surface area contributed by atoms with Crippen molar-refractivity contribution in [1.29, 1.82) is 0 Å². The Morgan fingerprint density at radius 1 is 0.923 bits per heavy atom. The quantitative estimate of drug-likeness (QED) is 0.357. The van der Waals surface area contributed by atoms with Gasteiger partial charge in [0.2, 0.25) is 0 Å². The molecule has 1 amide bonds. The number of nitrogens with zero attached hydrogens (tertiary/aromatic N) is 1. The molecule has 6 heteroatoms. The van der Waals surface area contributed by atoms with E-state index in [1.54, 1.807) is 0 Å². The van der Waals surface area contributed by atoms with Crippen LogP contribution in [-0.2, 0) is 16.6 Å². The van der Waals surface area contributed by atoms with E-state index in [1.165, 1.54) is 0 Å². The van der Waals surface area contributed by atoms with Gasteiger partial charge in [-0.05, 0) is 84.2 Å². The fourth-order valence-corrected chi connectivity index (χ4v) is 5.62. The van der Waals surface area contributed by atoms with Crippen molar-refractivity contribution in [3.05, 3.63) is 94.6 Å². The van der Waals surface area contributed by atoms with Gasteiger partial charge >= 0.3 is 0 Å². The normalized spacial score (nSPS) is 15.1. The van der Waals surface area contributed by atoms with Crippen molar-refractivity contribution in [2.45, 2.75) is 39.5 Å². The molecule has 5 rings (SSSR count). The van der Waals surface area contributed by atoms with Gasteiger partial charge in [0.15, 0.2) is 12.4 Å². The van der Waals surface area contributed by atoms with E-state index in [2.05, 4.69) is 37.9 Å². The molecular weight excluding hydrogens is 488 g/mol. The molecule has 0 aliphatic heterocycles. The summed E-state index contributed by atoms with van der Waals surface area (Å²) in [7, 11) is 0. The first-order chi connectivity index (χ1) is 18.8. The molecule has 3 aromatic carbocycles. The minimum atomic E-state index is -0.331. The molecule has 1 N–H and O–H groups in total. The first-order valence-electron chi connectivity index (χ1n) is 13.7. The third kappa shape index (κ3) is 5.34. The third-order valence-corrected chi connectivity index (χ3v) is 7.90. The lowest BCUT2D eigenvalue weighted by atomic mass is 9.68. The number of carbonyl (C=O) groups is 2. The SMILES string of the molecule is CCN(CC)CCOc1ccc2c(c1)C(C)(C)C1=C(C2=O)c2ccc(NC(=O)COc3ccccc3)cc2C1. The fourth-order valence-electron chi connectivity index (χ4n) is 5.62. The van der Waals surface area contributed by atoms with Crippen molar-refractivity contribution in [3.8, 4) is 11.5 Å². The van der Waals surface area contributed by atoms with Crippen LogP contribution in [0.15, 0.2) is 72.3 Å². The van der Waals surface area contributed by atoms with E-state index in [4.69, 9.17) is 9.47 Å². The molecule has 0 atom stereocenters. The van der Waals surface area contributed by atoms with E-state index in [0.717, 1.165) is 58.8 Å². The number of hydrogen-bond acceptors (Lipinski definition) is 5. The maximum absolute atomic E-state index is 13.7. The van der Waals surface area contributed by atoms with Crippen LogP contribution in [-0.4, -0.2) is 49.4 Å². The lowest BCUT2D eigenvalue weighted by Gasteiger charge is -2.34. The smallest absolute Gasteiger partial charge is 0.262 e. The molecule has 3 aromatic rings. The van der Waals surface area contributed by atoms with Gasteiger partial charge in [0, 0.05) is 28.8 Å². The number of allylic oxidation sites excluding steroid dienone is 2. The average molecular weight is 525 g/mol. The molecule has 0 aromatic heterocycles. The van der Waals surface area contributed by atoms with Crippen LogP contribution in [0.4, 0.5) is 5.69 Å². The van der Waals surface area contributed by atoms with E-state index in [1.807, 2.05) is 66.7 Å². The minimum absolute atomic E-state index is 0.0563. The summed E-state index contributed by atoms with van der Waals surface area (Å²) in [5, 5.41) is 2.93. The van der Waals surface area contributed by atoms with Gasteiger partial charge in [0.1, 0.15) is 18.1 Å². The van der Waals surface area contributed by atoms with Crippen LogP contribution < -0.4 is 14.8 Å². The van der Waals surface area contributed by atoms with Gasteiger partial charge in [-0.25, -0.2) is 0 Å². The Labute approximate surface area is 230 Å². The summed E-state index contributed by atoms with van der Waals surface area (Å²) >= 11 is 0. The Balaban J connectivity index is 1.31. The predicted octanol–water partition coefficient (Wildman–Crippen LogP) is 5.91. The van der Waals surface area contributed by atoms with E-state index < -0.39 is 0 Å². The molecule has 202 valence electrons. The standard InChI is InChI=1S/C33H36N2O4/c1-5-35(6-2)16-17-38-25-13-15-27-28(20-25)33(3,4)29-19-22-18-23(12-14-26(22)31(29)32(27)37)34-30(36)21-39-24-10-8-7-9-11-24/h7-15,18,20H,5-6,16-17,19,21H2,1-4H3,(H,34,36). The topological polar surface area (TPSA) is 67.9 Å². The number of para-hydroxylation sites is 1. The van der Waals surface area contributed by atoms with E-state index in [-0.39, 0.29) is 23.7 Å². The van der Waals surface area contributed by atoms with Crippen LogP contribution in [0.5, 0.6) is 11.5 Å². The second-order valence-corrected chi connectivity index (χ2v) is 10.6. The van der Waals surface area contributed by atoms with Crippen LogP contribution in [0.3, 0.4) is 0 Å². The maximum atomic E-state index is 13.7. The Morgan fingerprint density at radius 2 is 1.67 bits per heavy atom. The number of nitrogens with one attached hydrogen (secondary N) is 1. The van der Waals surface area contributed by atoms with Crippen molar-refractivity contribution in [1.82, 2.24) is 4.90 Å². The lowest BCUT2D eigenvalue weighted by molar-refractivity contribution is -0.118. The summed E-state index contributed by atoms with van der Waals surface area (Å²) in [4.78, 5) is 28.6. The Morgan fingerprint density at radius 3 is 2.41 bits per heavy atom. The highest BCUT2D eigenvalue weighted by Crippen LogP contribution is 2.50. The zero-order chi connectivity index (χ0) is 27.6. The summed E-state index contributed by atoms with van der Waals surface area (Å²) in [5.41, 5.74) is 6.02. The van der Waals surface area contributed by atoms with Crippen LogP contribution in [0.25, 0.3) is 5.57 Å². The molecule has 0 radical (unpaired) electrons. The number of likely N-dealkylation sites (N-methyl/N-ethyl adjacent to an activating group) is 1. The minimum Gasteiger partial charge on any atom is -0.492 e. The van der Waals surface area contributed by atoms with Crippen molar-refractivity contribution >= 4 is 23.0 Å². The van der Waals surface area contributed by atoms with Gasteiger partial charge in [0.25, 0.3) is 5.91 Å². The number of anilines is 1. The Bertz CT molecular complexity index is 1420. The molecule has 0 fully saturated rings. The number of benzene rings is 3.